The molecule has 1 fully saturated rings. The van der Waals surface area contributed by atoms with E-state index >= 15 is 0 Å². The molecule has 0 amide bonds. The van der Waals surface area contributed by atoms with Gasteiger partial charge in [-0.3, -0.25) is 4.68 Å². The summed E-state index contributed by atoms with van der Waals surface area (Å²) in [6, 6.07) is 0. The van der Waals surface area contributed by atoms with Crippen molar-refractivity contribution in [3.8, 4) is 0 Å². The van der Waals surface area contributed by atoms with E-state index in [0.717, 1.165) is 30.8 Å². The lowest BCUT2D eigenvalue weighted by Crippen LogP contribution is -2.28. The van der Waals surface area contributed by atoms with Gasteiger partial charge >= 0.3 is 0 Å². The number of nitrogens with two attached hydrogens (primary N) is 1. The van der Waals surface area contributed by atoms with Crippen LogP contribution in [0.15, 0.2) is 6.20 Å². The Balaban J connectivity index is 2.02. The predicted molar refractivity (Wildman–Crippen MR) is 58.4 cm³/mol. The Morgan fingerprint density at radius 1 is 1.71 bits per heavy atom. The minimum absolute atomic E-state index is 0.00479. The molecule has 4 nitrogen and oxygen atoms in total. The Morgan fingerprint density at radius 2 is 2.43 bits per heavy atom. The SMILES string of the molecule is CC(CS)c1cn(CC2(N)CC2)nn1. The number of hydrogen-bond acceptors (Lipinski definition) is 4. The molecule has 1 saturated carbocycles. The van der Waals surface area contributed by atoms with Crippen LogP contribution in [-0.2, 0) is 6.54 Å². The molecule has 14 heavy (non-hydrogen) atoms. The minimum atomic E-state index is -0.00479. The molecule has 1 aliphatic rings. The second-order valence-corrected chi connectivity index (χ2v) is 4.65. The Labute approximate surface area is 89.3 Å². The summed E-state index contributed by atoms with van der Waals surface area (Å²) in [5.74, 6) is 1.16. The average Bonchev–Trinajstić information content (AvgIpc) is 2.71. The first kappa shape index (κ1) is 9.98. The van der Waals surface area contributed by atoms with E-state index in [1.807, 2.05) is 10.9 Å². The van der Waals surface area contributed by atoms with Crippen LogP contribution in [0, 0.1) is 0 Å². The minimum Gasteiger partial charge on any atom is -0.324 e. The van der Waals surface area contributed by atoms with Gasteiger partial charge < -0.3 is 5.73 Å². The number of rotatable bonds is 4. The maximum Gasteiger partial charge on any atom is 0.0863 e. The molecule has 2 rings (SSSR count). The summed E-state index contributed by atoms with van der Waals surface area (Å²) in [4.78, 5) is 0. The van der Waals surface area contributed by atoms with Crippen LogP contribution in [-0.4, -0.2) is 26.3 Å². The van der Waals surface area contributed by atoms with Gasteiger partial charge in [-0.15, -0.1) is 5.10 Å². The molecule has 1 unspecified atom stereocenters. The number of hydrogen-bond donors (Lipinski definition) is 2. The van der Waals surface area contributed by atoms with Crippen LogP contribution >= 0.6 is 12.6 Å². The van der Waals surface area contributed by atoms with Crippen molar-refractivity contribution in [1.29, 1.82) is 0 Å². The average molecular weight is 212 g/mol. The van der Waals surface area contributed by atoms with Crippen LogP contribution in [0.2, 0.25) is 0 Å². The van der Waals surface area contributed by atoms with Gasteiger partial charge in [-0.1, -0.05) is 12.1 Å². The molecular formula is C9H16N4S. The normalized spacial score (nSPS) is 20.8. The van der Waals surface area contributed by atoms with Crippen molar-refractivity contribution < 1.29 is 0 Å². The Bertz CT molecular complexity index is 318. The van der Waals surface area contributed by atoms with Crippen LogP contribution in [0.5, 0.6) is 0 Å². The highest BCUT2D eigenvalue weighted by atomic mass is 32.1. The van der Waals surface area contributed by atoms with Gasteiger partial charge in [-0.2, -0.15) is 12.6 Å². The van der Waals surface area contributed by atoms with Crippen molar-refractivity contribution in [1.82, 2.24) is 15.0 Å². The highest BCUT2D eigenvalue weighted by Gasteiger charge is 2.38. The molecule has 0 aliphatic heterocycles. The Kier molecular flexibility index (Phi) is 2.53. The van der Waals surface area contributed by atoms with E-state index in [0.29, 0.717) is 5.92 Å². The zero-order chi connectivity index (χ0) is 10.2. The second-order valence-electron chi connectivity index (χ2n) is 4.29. The zero-order valence-corrected chi connectivity index (χ0v) is 9.24. The lowest BCUT2D eigenvalue weighted by Gasteiger charge is -2.06. The first-order valence-electron chi connectivity index (χ1n) is 4.93. The van der Waals surface area contributed by atoms with Gasteiger partial charge in [0.1, 0.15) is 0 Å². The van der Waals surface area contributed by atoms with Gasteiger partial charge in [0.05, 0.1) is 12.2 Å². The predicted octanol–water partition coefficient (Wildman–Crippen LogP) is 0.803. The summed E-state index contributed by atoms with van der Waals surface area (Å²) in [6.45, 7) is 2.88. The largest absolute Gasteiger partial charge is 0.324 e. The van der Waals surface area contributed by atoms with E-state index in [-0.39, 0.29) is 5.54 Å². The maximum atomic E-state index is 5.99. The van der Waals surface area contributed by atoms with Crippen molar-refractivity contribution in [2.75, 3.05) is 5.75 Å². The standard InChI is InChI=1S/C9H16N4S/c1-7(5-14)8-4-13(12-11-8)6-9(10)2-3-9/h4,7,14H,2-3,5-6,10H2,1H3. The number of aromatic nitrogens is 3. The quantitative estimate of drug-likeness (QED) is 0.726. The fourth-order valence-electron chi connectivity index (χ4n) is 1.35. The number of nitrogens with zero attached hydrogens (tertiary/aromatic N) is 3. The van der Waals surface area contributed by atoms with Crippen LogP contribution in [0.4, 0.5) is 0 Å². The Morgan fingerprint density at radius 3 is 3.00 bits per heavy atom. The summed E-state index contributed by atoms with van der Waals surface area (Å²) in [7, 11) is 0. The van der Waals surface area contributed by atoms with E-state index in [1.54, 1.807) is 0 Å². The van der Waals surface area contributed by atoms with Gasteiger partial charge in [-0.05, 0) is 18.6 Å². The zero-order valence-electron chi connectivity index (χ0n) is 8.35. The summed E-state index contributed by atoms with van der Waals surface area (Å²) >= 11 is 4.23. The summed E-state index contributed by atoms with van der Waals surface area (Å²) in [6.07, 6.45) is 4.18. The van der Waals surface area contributed by atoms with E-state index in [2.05, 4.69) is 29.9 Å². The van der Waals surface area contributed by atoms with Gasteiger partial charge in [-0.25, -0.2) is 0 Å². The van der Waals surface area contributed by atoms with Crippen molar-refractivity contribution in [3.05, 3.63) is 11.9 Å². The monoisotopic (exact) mass is 212 g/mol. The molecule has 0 radical (unpaired) electrons. The summed E-state index contributed by atoms with van der Waals surface area (Å²) < 4.78 is 1.85. The molecule has 5 heteroatoms. The van der Waals surface area contributed by atoms with Crippen molar-refractivity contribution in [2.24, 2.45) is 5.73 Å². The molecular weight excluding hydrogens is 196 g/mol. The highest BCUT2D eigenvalue weighted by Crippen LogP contribution is 2.33. The van der Waals surface area contributed by atoms with E-state index in [4.69, 9.17) is 5.73 Å². The fourth-order valence-corrected chi connectivity index (χ4v) is 1.54. The third-order valence-electron chi connectivity index (χ3n) is 2.70. The molecule has 0 saturated heterocycles. The second kappa shape index (κ2) is 3.55. The fraction of sp³-hybridized carbons (Fsp3) is 0.778. The molecule has 0 bridgehead atoms. The molecule has 0 aromatic carbocycles. The topological polar surface area (TPSA) is 56.7 Å². The van der Waals surface area contributed by atoms with Gasteiger partial charge in [0.25, 0.3) is 0 Å². The van der Waals surface area contributed by atoms with Crippen molar-refractivity contribution in [3.63, 3.8) is 0 Å². The van der Waals surface area contributed by atoms with E-state index in [1.165, 1.54) is 0 Å². The lowest BCUT2D eigenvalue weighted by atomic mass is 10.1. The van der Waals surface area contributed by atoms with Gasteiger partial charge in [0.15, 0.2) is 0 Å². The van der Waals surface area contributed by atoms with Crippen LogP contribution in [0.3, 0.4) is 0 Å². The molecule has 1 aromatic heterocycles. The lowest BCUT2D eigenvalue weighted by molar-refractivity contribution is 0.488. The molecule has 1 aliphatic carbocycles. The maximum absolute atomic E-state index is 5.99. The molecule has 1 atom stereocenters. The molecule has 1 aromatic rings. The van der Waals surface area contributed by atoms with Gasteiger partial charge in [0, 0.05) is 17.7 Å². The molecule has 78 valence electrons. The summed E-state index contributed by atoms with van der Waals surface area (Å²) in [5, 5.41) is 8.17. The Hall–Kier alpha value is -0.550. The molecule has 2 N–H and O–H groups in total. The first-order chi connectivity index (χ1) is 6.63. The first-order valence-corrected chi connectivity index (χ1v) is 5.56. The third-order valence-corrected chi connectivity index (χ3v) is 3.25. The highest BCUT2D eigenvalue weighted by molar-refractivity contribution is 7.80. The van der Waals surface area contributed by atoms with Gasteiger partial charge in [0.2, 0.25) is 0 Å². The van der Waals surface area contributed by atoms with Crippen LogP contribution < -0.4 is 5.73 Å². The number of thiol groups is 1. The smallest absolute Gasteiger partial charge is 0.0863 e. The molecule has 1 heterocycles. The third kappa shape index (κ3) is 2.09. The van der Waals surface area contributed by atoms with E-state index < -0.39 is 0 Å². The van der Waals surface area contributed by atoms with Crippen molar-refractivity contribution in [2.45, 2.75) is 37.8 Å². The van der Waals surface area contributed by atoms with Crippen molar-refractivity contribution >= 4 is 12.6 Å². The van der Waals surface area contributed by atoms with Crippen LogP contribution in [0.25, 0.3) is 0 Å². The van der Waals surface area contributed by atoms with E-state index in [9.17, 15) is 0 Å². The molecule has 0 spiro atoms. The summed E-state index contributed by atoms with van der Waals surface area (Å²) in [5.41, 5.74) is 6.99. The van der Waals surface area contributed by atoms with Crippen LogP contribution in [0.1, 0.15) is 31.4 Å².